The third-order valence-corrected chi connectivity index (χ3v) is 7.39. The molecule has 12 nitrogen and oxygen atoms in total. The van der Waals surface area contributed by atoms with Crippen molar-refractivity contribution in [2.45, 2.75) is 69.5 Å². The first-order chi connectivity index (χ1) is 16.6. The minimum Gasteiger partial charge on any atom is -0.438 e. The Labute approximate surface area is 203 Å². The molecule has 1 aliphatic heterocycles. The van der Waals surface area contributed by atoms with Crippen LogP contribution in [0.2, 0.25) is 0 Å². The summed E-state index contributed by atoms with van der Waals surface area (Å²) in [6.45, 7) is 6.38. The van der Waals surface area contributed by atoms with E-state index in [0.717, 1.165) is 18.9 Å². The molecule has 1 aliphatic carbocycles. The molecule has 1 saturated heterocycles. The zero-order chi connectivity index (χ0) is 25.3. The molecular weight excluding hydrogens is 478 g/mol. The number of nitrogens with one attached hydrogen (secondary N) is 2. The van der Waals surface area contributed by atoms with Crippen LogP contribution in [0.5, 0.6) is 11.6 Å². The highest BCUT2D eigenvalue weighted by molar-refractivity contribution is 7.89. The highest BCUT2D eigenvalue weighted by Gasteiger charge is 2.32. The lowest BCUT2D eigenvalue weighted by atomic mass is 10.2. The van der Waals surface area contributed by atoms with E-state index < -0.39 is 20.9 Å². The van der Waals surface area contributed by atoms with Crippen molar-refractivity contribution in [2.75, 3.05) is 13.2 Å². The number of aromatic nitrogens is 2. The molecule has 2 fully saturated rings. The fourth-order valence-corrected chi connectivity index (χ4v) is 5.23. The van der Waals surface area contributed by atoms with Crippen LogP contribution < -0.4 is 14.8 Å². The zero-order valence-corrected chi connectivity index (χ0v) is 20.6. The van der Waals surface area contributed by atoms with Crippen LogP contribution in [0.4, 0.5) is 5.69 Å². The van der Waals surface area contributed by atoms with Crippen molar-refractivity contribution >= 4 is 21.6 Å². The standard InChI is InChI=1S/C22H29N5O7S/c1-13(2)26-22(14(3)20(24-26)21(28)23-12-17-5-4-10-33-17)34-18-9-8-16(27(29)30)11-19(18)35(31,32)25-15-6-7-15/h8-9,11,13,15,17,25H,4-7,10,12H2,1-3H3,(H,23,28). The second kappa shape index (κ2) is 9.91. The van der Waals surface area contributed by atoms with Gasteiger partial charge in [-0.1, -0.05) is 0 Å². The summed E-state index contributed by atoms with van der Waals surface area (Å²) >= 11 is 0. The molecule has 2 N–H and O–H groups in total. The molecule has 13 heteroatoms. The number of carbonyl (C=O) groups is 1. The lowest BCUT2D eigenvalue weighted by Crippen LogP contribution is -2.32. The molecule has 0 radical (unpaired) electrons. The number of nitro groups is 1. The van der Waals surface area contributed by atoms with Gasteiger partial charge in [0.1, 0.15) is 10.6 Å². The van der Waals surface area contributed by atoms with E-state index in [0.29, 0.717) is 31.6 Å². The first-order valence-corrected chi connectivity index (χ1v) is 13.0. The summed E-state index contributed by atoms with van der Waals surface area (Å²) in [5.41, 5.74) is 0.186. The minimum atomic E-state index is -4.08. The van der Waals surface area contributed by atoms with Gasteiger partial charge in [-0.25, -0.2) is 17.8 Å². The molecule has 1 aromatic carbocycles. The highest BCUT2D eigenvalue weighted by Crippen LogP contribution is 2.36. The number of benzene rings is 1. The fourth-order valence-electron chi connectivity index (χ4n) is 3.78. The summed E-state index contributed by atoms with van der Waals surface area (Å²) in [6, 6.07) is 2.97. The first kappa shape index (κ1) is 25.1. The monoisotopic (exact) mass is 507 g/mol. The molecule has 1 amide bonds. The van der Waals surface area contributed by atoms with Gasteiger partial charge in [-0.15, -0.1) is 0 Å². The number of rotatable bonds is 10. The van der Waals surface area contributed by atoms with E-state index in [9.17, 15) is 23.3 Å². The Hall–Kier alpha value is -3.03. The number of carbonyl (C=O) groups excluding carboxylic acids is 1. The summed E-state index contributed by atoms with van der Waals surface area (Å²) < 4.78 is 41.5. The molecule has 1 atom stereocenters. The number of sulfonamides is 1. The van der Waals surface area contributed by atoms with Gasteiger partial charge in [-0.05, 0) is 52.5 Å². The van der Waals surface area contributed by atoms with Gasteiger partial charge < -0.3 is 14.8 Å². The first-order valence-electron chi connectivity index (χ1n) is 11.5. The lowest BCUT2D eigenvalue weighted by Gasteiger charge is -2.15. The van der Waals surface area contributed by atoms with Crippen LogP contribution in [0.25, 0.3) is 0 Å². The molecule has 0 bridgehead atoms. The molecule has 1 aromatic heterocycles. The number of ether oxygens (including phenoxy) is 2. The van der Waals surface area contributed by atoms with Gasteiger partial charge in [0.2, 0.25) is 15.9 Å². The number of nitro benzene ring substituents is 1. The predicted molar refractivity (Wildman–Crippen MR) is 125 cm³/mol. The molecule has 1 unspecified atom stereocenters. The molecule has 2 heterocycles. The maximum atomic E-state index is 13.0. The van der Waals surface area contributed by atoms with Gasteiger partial charge >= 0.3 is 0 Å². The number of hydrogen-bond donors (Lipinski definition) is 2. The highest BCUT2D eigenvalue weighted by atomic mass is 32.2. The van der Waals surface area contributed by atoms with Crippen molar-refractivity contribution in [3.05, 3.63) is 39.6 Å². The van der Waals surface area contributed by atoms with E-state index >= 15 is 0 Å². The van der Waals surface area contributed by atoms with E-state index in [1.165, 1.54) is 16.8 Å². The van der Waals surface area contributed by atoms with E-state index in [1.54, 1.807) is 6.92 Å². The molecule has 4 rings (SSSR count). The summed E-state index contributed by atoms with van der Waals surface area (Å²) in [4.78, 5) is 23.1. The second-order valence-electron chi connectivity index (χ2n) is 9.05. The Morgan fingerprint density at radius 1 is 1.34 bits per heavy atom. The molecule has 1 saturated carbocycles. The van der Waals surface area contributed by atoms with Gasteiger partial charge in [0.25, 0.3) is 11.6 Å². The summed E-state index contributed by atoms with van der Waals surface area (Å²) in [5, 5.41) is 18.5. The van der Waals surface area contributed by atoms with E-state index in [-0.39, 0.29) is 46.1 Å². The van der Waals surface area contributed by atoms with Crippen molar-refractivity contribution in [1.29, 1.82) is 0 Å². The summed E-state index contributed by atoms with van der Waals surface area (Å²) in [5.74, 6) is -0.312. The second-order valence-corrected chi connectivity index (χ2v) is 10.7. The van der Waals surface area contributed by atoms with E-state index in [1.807, 2.05) is 13.8 Å². The van der Waals surface area contributed by atoms with Gasteiger partial charge in [0.15, 0.2) is 5.69 Å². The Balaban J connectivity index is 1.67. The average Bonchev–Trinajstić information content (AvgIpc) is 3.32. The van der Waals surface area contributed by atoms with E-state index in [4.69, 9.17) is 9.47 Å². The van der Waals surface area contributed by atoms with Crippen molar-refractivity contribution < 1.29 is 27.6 Å². The fraction of sp³-hybridized carbons (Fsp3) is 0.545. The molecule has 190 valence electrons. The zero-order valence-electron chi connectivity index (χ0n) is 19.8. The van der Waals surface area contributed by atoms with Crippen LogP contribution in [0.3, 0.4) is 0 Å². The topological polar surface area (TPSA) is 155 Å². The maximum Gasteiger partial charge on any atom is 0.272 e. The maximum absolute atomic E-state index is 13.0. The molecule has 2 aromatic rings. The SMILES string of the molecule is Cc1c(C(=O)NCC2CCCO2)nn(C(C)C)c1Oc1ccc([N+](=O)[O-])cc1S(=O)(=O)NC1CC1. The molecular formula is C22H29N5O7S. The van der Waals surface area contributed by atoms with Crippen molar-refractivity contribution in [3.63, 3.8) is 0 Å². The minimum absolute atomic E-state index is 0.0333. The van der Waals surface area contributed by atoms with Crippen molar-refractivity contribution in [2.24, 2.45) is 0 Å². The number of hydrogen-bond acceptors (Lipinski definition) is 8. The Morgan fingerprint density at radius 2 is 2.09 bits per heavy atom. The van der Waals surface area contributed by atoms with Gasteiger partial charge in [0.05, 0.1) is 17.1 Å². The average molecular weight is 508 g/mol. The number of amides is 1. The molecule has 35 heavy (non-hydrogen) atoms. The summed E-state index contributed by atoms with van der Waals surface area (Å²) in [7, 11) is -4.08. The molecule has 2 aliphatic rings. The van der Waals surface area contributed by atoms with Gasteiger partial charge in [-0.2, -0.15) is 5.10 Å². The quantitative estimate of drug-likeness (QED) is 0.367. The van der Waals surface area contributed by atoms with Gasteiger partial charge in [0, 0.05) is 36.9 Å². The third kappa shape index (κ3) is 5.63. The Bertz CT molecular complexity index is 1230. The van der Waals surface area contributed by atoms with Crippen LogP contribution in [-0.2, 0) is 14.8 Å². The van der Waals surface area contributed by atoms with Crippen LogP contribution in [0, 0.1) is 17.0 Å². The molecule has 0 spiro atoms. The van der Waals surface area contributed by atoms with Crippen LogP contribution in [0.1, 0.15) is 61.6 Å². The van der Waals surface area contributed by atoms with Crippen LogP contribution in [0.15, 0.2) is 23.1 Å². The van der Waals surface area contributed by atoms with Crippen LogP contribution in [-0.4, -0.2) is 54.3 Å². The Morgan fingerprint density at radius 3 is 2.69 bits per heavy atom. The van der Waals surface area contributed by atoms with Crippen molar-refractivity contribution in [3.8, 4) is 11.6 Å². The predicted octanol–water partition coefficient (Wildman–Crippen LogP) is 2.82. The Kier molecular flexibility index (Phi) is 7.10. The normalized spacial score (nSPS) is 18.1. The lowest BCUT2D eigenvalue weighted by molar-refractivity contribution is -0.385. The smallest absolute Gasteiger partial charge is 0.272 e. The number of non-ortho nitro benzene ring substituents is 1. The van der Waals surface area contributed by atoms with Gasteiger partial charge in [-0.3, -0.25) is 14.9 Å². The summed E-state index contributed by atoms with van der Waals surface area (Å²) in [6.07, 6.45) is 3.20. The largest absolute Gasteiger partial charge is 0.438 e. The number of nitrogens with zero attached hydrogens (tertiary/aromatic N) is 3. The van der Waals surface area contributed by atoms with Crippen molar-refractivity contribution in [1.82, 2.24) is 19.8 Å². The third-order valence-electron chi connectivity index (χ3n) is 5.84. The van der Waals surface area contributed by atoms with E-state index in [2.05, 4.69) is 15.1 Å². The van der Waals surface area contributed by atoms with Crippen LogP contribution >= 0.6 is 0 Å².